The Morgan fingerprint density at radius 3 is 2.66 bits per heavy atom. The van der Waals surface area contributed by atoms with E-state index in [0.29, 0.717) is 35.2 Å². The van der Waals surface area contributed by atoms with Crippen molar-refractivity contribution in [2.45, 2.75) is 51.0 Å². The Kier molecular flexibility index (Phi) is 7.56. The van der Waals surface area contributed by atoms with E-state index in [2.05, 4.69) is 5.32 Å². The second-order valence-corrected chi connectivity index (χ2v) is 8.02. The number of hydrogen-bond acceptors (Lipinski definition) is 6. The molecule has 1 atom stereocenters. The lowest BCUT2D eigenvalue weighted by molar-refractivity contribution is -0.143. The number of rotatable bonds is 7. The Bertz CT molecular complexity index is 785. The zero-order valence-electron chi connectivity index (χ0n) is 17.0. The van der Waals surface area contributed by atoms with Crippen molar-refractivity contribution in [1.82, 2.24) is 5.32 Å². The molecular weight excluding hydrogens is 394 g/mol. The molecule has 29 heavy (non-hydrogen) atoms. The molecular formula is C22H28ClNO5. The molecule has 1 aliphatic heterocycles. The van der Waals surface area contributed by atoms with E-state index in [1.54, 1.807) is 18.2 Å². The summed E-state index contributed by atoms with van der Waals surface area (Å²) < 4.78 is 15.7. The maximum atomic E-state index is 12.3. The highest BCUT2D eigenvalue weighted by molar-refractivity contribution is 6.31. The molecule has 0 unspecified atom stereocenters. The van der Waals surface area contributed by atoms with Gasteiger partial charge in [-0.05, 0) is 30.0 Å². The molecule has 1 saturated carbocycles. The summed E-state index contributed by atoms with van der Waals surface area (Å²) in [6.07, 6.45) is 7.13. The zero-order chi connectivity index (χ0) is 20.8. The molecule has 1 fully saturated rings. The lowest BCUT2D eigenvalue weighted by Crippen LogP contribution is -2.41. The molecule has 1 N–H and O–H groups in total. The van der Waals surface area contributed by atoms with Gasteiger partial charge in [0.25, 0.3) is 0 Å². The first-order valence-electron chi connectivity index (χ1n) is 10.1. The summed E-state index contributed by atoms with van der Waals surface area (Å²) in [5.41, 5.74) is 1.52. The fraction of sp³-hybridized carbons (Fsp3) is 0.545. The van der Waals surface area contributed by atoms with Crippen LogP contribution in [0.15, 0.2) is 29.5 Å². The highest BCUT2D eigenvalue weighted by Gasteiger charge is 2.29. The zero-order valence-corrected chi connectivity index (χ0v) is 17.7. The van der Waals surface area contributed by atoms with Gasteiger partial charge >= 0.3 is 11.9 Å². The summed E-state index contributed by atoms with van der Waals surface area (Å²) in [6.45, 7) is 0.307. The van der Waals surface area contributed by atoms with E-state index in [0.717, 1.165) is 24.8 Å². The van der Waals surface area contributed by atoms with Crippen LogP contribution in [-0.4, -0.2) is 38.7 Å². The standard InChI is InChI=1S/C22H28ClNO5/c1-27-21(25)18(11-14-7-4-3-5-8-14)24-13-15-12-16-17(23)9-6-10-19(16)29-20(15)22(26)28-2/h6,9-10,14,18,24H,3-5,7-8,11-13H2,1-2H3/t18-/m0/s1. The average Bonchev–Trinajstić information content (AvgIpc) is 2.76. The number of methoxy groups -OCH3 is 2. The van der Waals surface area contributed by atoms with Crippen LogP contribution in [0.25, 0.3) is 0 Å². The number of ether oxygens (including phenoxy) is 3. The minimum atomic E-state index is -0.547. The molecule has 0 bridgehead atoms. The average molecular weight is 422 g/mol. The molecule has 0 aromatic heterocycles. The summed E-state index contributed by atoms with van der Waals surface area (Å²) in [6, 6.07) is 4.91. The molecule has 3 rings (SSSR count). The molecule has 1 aromatic carbocycles. The second kappa shape index (κ2) is 10.1. The van der Waals surface area contributed by atoms with E-state index in [-0.39, 0.29) is 11.7 Å². The molecule has 0 spiro atoms. The van der Waals surface area contributed by atoms with Crippen molar-refractivity contribution in [3.8, 4) is 5.75 Å². The number of nitrogens with one attached hydrogen (secondary N) is 1. The van der Waals surface area contributed by atoms with Crippen LogP contribution in [-0.2, 0) is 25.5 Å². The van der Waals surface area contributed by atoms with Crippen molar-refractivity contribution >= 4 is 23.5 Å². The summed E-state index contributed by atoms with van der Waals surface area (Å²) in [5, 5.41) is 3.86. The van der Waals surface area contributed by atoms with Gasteiger partial charge in [0.1, 0.15) is 11.8 Å². The number of esters is 2. The lowest BCUT2D eigenvalue weighted by atomic mass is 9.84. The van der Waals surface area contributed by atoms with Crippen LogP contribution in [0, 0.1) is 5.92 Å². The predicted octanol–water partition coefficient (Wildman–Crippen LogP) is 3.80. The number of halogens is 1. The van der Waals surface area contributed by atoms with E-state index in [1.165, 1.54) is 33.5 Å². The lowest BCUT2D eigenvalue weighted by Gasteiger charge is -2.27. The smallest absolute Gasteiger partial charge is 0.373 e. The van der Waals surface area contributed by atoms with Crippen molar-refractivity contribution in [2.24, 2.45) is 5.92 Å². The van der Waals surface area contributed by atoms with Gasteiger partial charge in [-0.3, -0.25) is 4.79 Å². The fourth-order valence-corrected chi connectivity index (χ4v) is 4.34. The van der Waals surface area contributed by atoms with Crippen LogP contribution >= 0.6 is 11.6 Å². The maximum Gasteiger partial charge on any atom is 0.373 e. The molecule has 1 aliphatic carbocycles. The molecule has 2 aliphatic rings. The SMILES string of the molecule is COC(=O)C1=C(CN[C@@H](CC2CCCCC2)C(=O)OC)Cc2c(Cl)cccc2O1. The largest absolute Gasteiger partial charge is 0.468 e. The first-order chi connectivity index (χ1) is 14.0. The van der Waals surface area contributed by atoms with E-state index in [9.17, 15) is 9.59 Å². The number of carbonyl (C=O) groups is 2. The maximum absolute atomic E-state index is 12.3. The Morgan fingerprint density at radius 2 is 1.97 bits per heavy atom. The van der Waals surface area contributed by atoms with Crippen molar-refractivity contribution in [3.63, 3.8) is 0 Å². The number of fused-ring (bicyclic) bond motifs is 1. The number of carbonyl (C=O) groups excluding carboxylic acids is 2. The summed E-state index contributed by atoms with van der Waals surface area (Å²) >= 11 is 6.32. The third kappa shape index (κ3) is 5.31. The van der Waals surface area contributed by atoms with Gasteiger partial charge in [0, 0.05) is 23.6 Å². The van der Waals surface area contributed by atoms with Gasteiger partial charge in [-0.15, -0.1) is 0 Å². The highest BCUT2D eigenvalue weighted by Crippen LogP contribution is 2.35. The Balaban J connectivity index is 1.76. The van der Waals surface area contributed by atoms with Gasteiger partial charge in [-0.1, -0.05) is 49.8 Å². The second-order valence-electron chi connectivity index (χ2n) is 7.62. The minimum absolute atomic E-state index is 0.149. The van der Waals surface area contributed by atoms with Crippen LogP contribution in [0.5, 0.6) is 5.75 Å². The number of hydrogen-bond donors (Lipinski definition) is 1. The molecule has 7 heteroatoms. The van der Waals surface area contributed by atoms with Crippen LogP contribution in [0.1, 0.15) is 44.1 Å². The van der Waals surface area contributed by atoms with Gasteiger partial charge in [-0.25, -0.2) is 4.79 Å². The molecule has 1 aromatic rings. The van der Waals surface area contributed by atoms with Crippen LogP contribution in [0.4, 0.5) is 0 Å². The Labute approximate surface area is 176 Å². The third-order valence-corrected chi connectivity index (χ3v) is 6.07. The van der Waals surface area contributed by atoms with Gasteiger partial charge in [0.2, 0.25) is 5.76 Å². The van der Waals surface area contributed by atoms with E-state index in [4.69, 9.17) is 25.8 Å². The van der Waals surface area contributed by atoms with Gasteiger partial charge in [0.15, 0.2) is 0 Å². The normalized spacial score (nSPS) is 17.9. The summed E-state index contributed by atoms with van der Waals surface area (Å²) in [5.74, 6) is 0.372. The molecule has 0 amide bonds. The first-order valence-corrected chi connectivity index (χ1v) is 10.5. The highest BCUT2D eigenvalue weighted by atomic mass is 35.5. The van der Waals surface area contributed by atoms with Crippen molar-refractivity contribution in [3.05, 3.63) is 40.1 Å². The topological polar surface area (TPSA) is 73.9 Å². The van der Waals surface area contributed by atoms with Gasteiger partial charge in [-0.2, -0.15) is 0 Å². The fourth-order valence-electron chi connectivity index (χ4n) is 4.11. The van der Waals surface area contributed by atoms with Crippen LogP contribution < -0.4 is 10.1 Å². The van der Waals surface area contributed by atoms with Crippen molar-refractivity contribution in [1.29, 1.82) is 0 Å². The van der Waals surface area contributed by atoms with E-state index < -0.39 is 12.0 Å². The Hall–Kier alpha value is -2.05. The Morgan fingerprint density at radius 1 is 1.21 bits per heavy atom. The summed E-state index contributed by atoms with van der Waals surface area (Å²) in [7, 11) is 2.72. The van der Waals surface area contributed by atoms with Crippen molar-refractivity contribution in [2.75, 3.05) is 20.8 Å². The monoisotopic (exact) mass is 421 g/mol. The molecule has 0 saturated heterocycles. The predicted molar refractivity (Wildman–Crippen MR) is 110 cm³/mol. The number of benzene rings is 1. The quantitative estimate of drug-likeness (QED) is 0.675. The molecule has 1 heterocycles. The minimum Gasteiger partial charge on any atom is -0.468 e. The summed E-state index contributed by atoms with van der Waals surface area (Å²) in [4.78, 5) is 24.6. The molecule has 0 radical (unpaired) electrons. The van der Waals surface area contributed by atoms with Crippen LogP contribution in [0.3, 0.4) is 0 Å². The molecule has 6 nitrogen and oxygen atoms in total. The van der Waals surface area contributed by atoms with Crippen LogP contribution in [0.2, 0.25) is 5.02 Å². The van der Waals surface area contributed by atoms with E-state index >= 15 is 0 Å². The van der Waals surface area contributed by atoms with E-state index in [1.807, 2.05) is 0 Å². The first kappa shape index (κ1) is 21.7. The van der Waals surface area contributed by atoms with Gasteiger partial charge in [0.05, 0.1) is 14.2 Å². The van der Waals surface area contributed by atoms with Crippen molar-refractivity contribution < 1.29 is 23.8 Å². The van der Waals surface area contributed by atoms with Gasteiger partial charge < -0.3 is 19.5 Å². The molecule has 158 valence electrons. The third-order valence-electron chi connectivity index (χ3n) is 5.71.